The van der Waals surface area contributed by atoms with Gasteiger partial charge in [-0.05, 0) is 52.3 Å². The van der Waals surface area contributed by atoms with E-state index in [9.17, 15) is 0 Å². The zero-order valence-electron chi connectivity index (χ0n) is 14.8. The standard InChI is InChI=1S/C22H18BrN3O/c1-27-18-13-11-17(12-14-18)26-22(24-20-10-6-5-9-19(20)23)15-21(25-26)16-7-3-2-4-8-16/h2-15,24H,1H3. The molecule has 4 rings (SSSR count). The van der Waals surface area contributed by atoms with Gasteiger partial charge in [0, 0.05) is 16.1 Å². The molecule has 0 atom stereocenters. The van der Waals surface area contributed by atoms with Crippen LogP contribution in [0.3, 0.4) is 0 Å². The molecule has 1 heterocycles. The third-order valence-corrected chi connectivity index (χ3v) is 4.92. The van der Waals surface area contributed by atoms with Crippen molar-refractivity contribution >= 4 is 27.4 Å². The second-order valence-electron chi connectivity index (χ2n) is 6.00. The Hall–Kier alpha value is -3.05. The zero-order chi connectivity index (χ0) is 18.6. The first-order chi connectivity index (χ1) is 13.2. The van der Waals surface area contributed by atoms with Gasteiger partial charge in [0.2, 0.25) is 0 Å². The van der Waals surface area contributed by atoms with Gasteiger partial charge in [0.05, 0.1) is 24.2 Å². The topological polar surface area (TPSA) is 39.1 Å². The van der Waals surface area contributed by atoms with E-state index in [-0.39, 0.29) is 0 Å². The van der Waals surface area contributed by atoms with Crippen LogP contribution in [-0.4, -0.2) is 16.9 Å². The van der Waals surface area contributed by atoms with Crippen LogP contribution in [-0.2, 0) is 0 Å². The summed E-state index contributed by atoms with van der Waals surface area (Å²) in [4.78, 5) is 0. The highest BCUT2D eigenvalue weighted by Crippen LogP contribution is 2.30. The summed E-state index contributed by atoms with van der Waals surface area (Å²) in [6.45, 7) is 0. The summed E-state index contributed by atoms with van der Waals surface area (Å²) in [5, 5.41) is 8.31. The highest BCUT2D eigenvalue weighted by molar-refractivity contribution is 9.10. The van der Waals surface area contributed by atoms with Gasteiger partial charge in [-0.2, -0.15) is 5.10 Å². The summed E-state index contributed by atoms with van der Waals surface area (Å²) < 4.78 is 8.17. The molecule has 27 heavy (non-hydrogen) atoms. The molecule has 0 aliphatic rings. The van der Waals surface area contributed by atoms with Crippen molar-refractivity contribution in [3.63, 3.8) is 0 Å². The molecule has 1 aromatic heterocycles. The predicted molar refractivity (Wildman–Crippen MR) is 113 cm³/mol. The van der Waals surface area contributed by atoms with Gasteiger partial charge in [-0.15, -0.1) is 0 Å². The van der Waals surface area contributed by atoms with E-state index in [0.29, 0.717) is 0 Å². The first-order valence-corrected chi connectivity index (χ1v) is 9.35. The lowest BCUT2D eigenvalue weighted by Crippen LogP contribution is -2.03. The number of rotatable bonds is 5. The van der Waals surface area contributed by atoms with Crippen molar-refractivity contribution in [1.82, 2.24) is 9.78 Å². The second-order valence-corrected chi connectivity index (χ2v) is 6.85. The minimum absolute atomic E-state index is 0.814. The maximum Gasteiger partial charge on any atom is 0.134 e. The molecule has 0 unspecified atom stereocenters. The molecule has 5 heteroatoms. The van der Waals surface area contributed by atoms with Crippen LogP contribution in [0.2, 0.25) is 0 Å². The Morgan fingerprint density at radius 1 is 0.889 bits per heavy atom. The first kappa shape index (κ1) is 17.4. The Bertz CT molecular complexity index is 1040. The summed E-state index contributed by atoms with van der Waals surface area (Å²) in [5.41, 5.74) is 3.90. The molecule has 0 fully saturated rings. The molecule has 1 N–H and O–H groups in total. The summed E-state index contributed by atoms with van der Waals surface area (Å²) >= 11 is 3.60. The van der Waals surface area contributed by atoms with Gasteiger partial charge < -0.3 is 10.1 Å². The fourth-order valence-electron chi connectivity index (χ4n) is 2.84. The van der Waals surface area contributed by atoms with Crippen molar-refractivity contribution in [2.75, 3.05) is 12.4 Å². The van der Waals surface area contributed by atoms with E-state index in [1.54, 1.807) is 7.11 Å². The number of methoxy groups -OCH3 is 1. The third-order valence-electron chi connectivity index (χ3n) is 4.23. The lowest BCUT2D eigenvalue weighted by molar-refractivity contribution is 0.414. The molecular formula is C22H18BrN3O. The van der Waals surface area contributed by atoms with Gasteiger partial charge in [-0.3, -0.25) is 0 Å². The van der Waals surface area contributed by atoms with Crippen molar-refractivity contribution in [2.45, 2.75) is 0 Å². The summed E-state index contributed by atoms with van der Waals surface area (Å²) in [7, 11) is 1.66. The average Bonchev–Trinajstić information content (AvgIpc) is 3.14. The Labute approximate surface area is 166 Å². The Kier molecular flexibility index (Phi) is 4.94. The molecule has 0 aliphatic carbocycles. The number of anilines is 2. The SMILES string of the molecule is COc1ccc(-n2nc(-c3ccccc3)cc2Nc2ccccc2Br)cc1. The number of hydrogen-bond acceptors (Lipinski definition) is 3. The number of aromatic nitrogens is 2. The number of hydrogen-bond donors (Lipinski definition) is 1. The molecule has 0 saturated heterocycles. The molecule has 0 spiro atoms. The van der Waals surface area contributed by atoms with E-state index < -0.39 is 0 Å². The maximum atomic E-state index is 5.27. The van der Waals surface area contributed by atoms with Crippen LogP contribution in [0.15, 0.2) is 89.4 Å². The van der Waals surface area contributed by atoms with Crippen LogP contribution in [0, 0.1) is 0 Å². The first-order valence-electron chi connectivity index (χ1n) is 8.56. The third kappa shape index (κ3) is 3.73. The number of ether oxygens (including phenoxy) is 1. The predicted octanol–water partition coefficient (Wildman–Crippen LogP) is 6.05. The molecule has 0 saturated carbocycles. The highest BCUT2D eigenvalue weighted by atomic mass is 79.9. The summed E-state index contributed by atoms with van der Waals surface area (Å²) in [6.07, 6.45) is 0. The summed E-state index contributed by atoms with van der Waals surface area (Å²) in [6, 6.07) is 28.1. The molecule has 4 aromatic rings. The van der Waals surface area contributed by atoms with Gasteiger partial charge in [0.15, 0.2) is 0 Å². The van der Waals surface area contributed by atoms with Gasteiger partial charge in [0.1, 0.15) is 11.6 Å². The van der Waals surface area contributed by atoms with Crippen LogP contribution in [0.5, 0.6) is 5.75 Å². The van der Waals surface area contributed by atoms with E-state index in [0.717, 1.165) is 38.7 Å². The minimum Gasteiger partial charge on any atom is -0.497 e. The molecule has 3 aromatic carbocycles. The Balaban J connectivity index is 1.79. The molecular weight excluding hydrogens is 402 g/mol. The van der Waals surface area contributed by atoms with Crippen LogP contribution in [0.1, 0.15) is 0 Å². The average molecular weight is 420 g/mol. The largest absolute Gasteiger partial charge is 0.497 e. The van der Waals surface area contributed by atoms with E-state index >= 15 is 0 Å². The van der Waals surface area contributed by atoms with Gasteiger partial charge in [-0.1, -0.05) is 42.5 Å². The number of nitrogens with one attached hydrogen (secondary N) is 1. The van der Waals surface area contributed by atoms with E-state index in [1.165, 1.54) is 0 Å². The van der Waals surface area contributed by atoms with Crippen LogP contribution in [0.4, 0.5) is 11.5 Å². The molecule has 0 bridgehead atoms. The van der Waals surface area contributed by atoms with Crippen molar-refractivity contribution in [1.29, 1.82) is 0 Å². The molecule has 4 nitrogen and oxygen atoms in total. The van der Waals surface area contributed by atoms with Crippen molar-refractivity contribution < 1.29 is 4.74 Å². The van der Waals surface area contributed by atoms with Crippen molar-refractivity contribution in [2.24, 2.45) is 0 Å². The van der Waals surface area contributed by atoms with Crippen LogP contribution in [0.25, 0.3) is 16.9 Å². The van der Waals surface area contributed by atoms with E-state index in [2.05, 4.69) is 39.4 Å². The number of halogens is 1. The molecule has 134 valence electrons. The molecule has 0 radical (unpaired) electrons. The second kappa shape index (κ2) is 7.68. The number of nitrogens with zero attached hydrogens (tertiary/aromatic N) is 2. The smallest absolute Gasteiger partial charge is 0.134 e. The fraction of sp³-hybridized carbons (Fsp3) is 0.0455. The van der Waals surface area contributed by atoms with E-state index in [1.807, 2.05) is 71.4 Å². The summed E-state index contributed by atoms with van der Waals surface area (Å²) in [5.74, 6) is 1.69. The normalized spacial score (nSPS) is 10.6. The van der Waals surface area contributed by atoms with Crippen molar-refractivity contribution in [3.05, 3.63) is 89.4 Å². The highest BCUT2D eigenvalue weighted by Gasteiger charge is 2.12. The Morgan fingerprint density at radius 3 is 2.30 bits per heavy atom. The van der Waals surface area contributed by atoms with Gasteiger partial charge in [0.25, 0.3) is 0 Å². The minimum atomic E-state index is 0.814. The van der Waals surface area contributed by atoms with Crippen LogP contribution >= 0.6 is 15.9 Å². The quantitative estimate of drug-likeness (QED) is 0.427. The monoisotopic (exact) mass is 419 g/mol. The molecule has 0 aliphatic heterocycles. The lowest BCUT2D eigenvalue weighted by atomic mass is 10.1. The maximum absolute atomic E-state index is 5.27. The van der Waals surface area contributed by atoms with Crippen molar-refractivity contribution in [3.8, 4) is 22.7 Å². The van der Waals surface area contributed by atoms with Gasteiger partial charge >= 0.3 is 0 Å². The fourth-order valence-corrected chi connectivity index (χ4v) is 3.22. The van der Waals surface area contributed by atoms with Crippen LogP contribution < -0.4 is 10.1 Å². The molecule has 0 amide bonds. The zero-order valence-corrected chi connectivity index (χ0v) is 16.3. The van der Waals surface area contributed by atoms with E-state index in [4.69, 9.17) is 9.84 Å². The lowest BCUT2D eigenvalue weighted by Gasteiger charge is -2.11. The number of benzene rings is 3. The Morgan fingerprint density at radius 2 is 1.59 bits per heavy atom. The number of para-hydroxylation sites is 1. The van der Waals surface area contributed by atoms with Gasteiger partial charge in [-0.25, -0.2) is 4.68 Å².